The van der Waals surface area contributed by atoms with Gasteiger partial charge in [-0.2, -0.15) is 0 Å². The van der Waals surface area contributed by atoms with Crippen LogP contribution in [-0.4, -0.2) is 35.8 Å². The number of carbonyl (C=O) groups is 2. The first-order valence-electron chi connectivity index (χ1n) is 7.52. The minimum Gasteiger partial charge on any atom is -0.349 e. The molecule has 0 unspecified atom stereocenters. The average molecular weight is 280 g/mol. The molecule has 1 N–H and O–H groups in total. The summed E-state index contributed by atoms with van der Waals surface area (Å²) in [5.74, 6) is 0.219. The molecule has 114 valence electrons. The lowest BCUT2D eigenvalue weighted by atomic mass is 9.93. The third-order valence-electron chi connectivity index (χ3n) is 3.63. The first-order valence-corrected chi connectivity index (χ1v) is 7.52. The van der Waals surface area contributed by atoms with Crippen molar-refractivity contribution in [3.05, 3.63) is 11.6 Å². The molecule has 0 spiro atoms. The lowest BCUT2D eigenvalue weighted by molar-refractivity contribution is -0.140. The van der Waals surface area contributed by atoms with Crippen LogP contribution in [0.2, 0.25) is 0 Å². The van der Waals surface area contributed by atoms with Crippen molar-refractivity contribution in [1.82, 2.24) is 10.2 Å². The number of allylic oxidation sites excluding steroid dienone is 1. The van der Waals surface area contributed by atoms with Crippen LogP contribution in [0, 0.1) is 5.41 Å². The molecule has 0 radical (unpaired) electrons. The molecule has 1 heterocycles. The van der Waals surface area contributed by atoms with Crippen LogP contribution >= 0.6 is 0 Å². The fraction of sp³-hybridized carbons (Fsp3) is 0.750. The van der Waals surface area contributed by atoms with Gasteiger partial charge in [-0.05, 0) is 26.2 Å². The van der Waals surface area contributed by atoms with E-state index in [0.29, 0.717) is 0 Å². The predicted octanol–water partition coefficient (Wildman–Crippen LogP) is 2.50. The molecule has 1 aliphatic rings. The quantitative estimate of drug-likeness (QED) is 0.808. The molecule has 1 aliphatic heterocycles. The summed E-state index contributed by atoms with van der Waals surface area (Å²) in [5.41, 5.74) is 0.456. The third kappa shape index (κ3) is 4.66. The third-order valence-corrected chi connectivity index (χ3v) is 3.63. The van der Waals surface area contributed by atoms with Crippen molar-refractivity contribution in [1.29, 1.82) is 0 Å². The Bertz CT molecular complexity index is 386. The summed E-state index contributed by atoms with van der Waals surface area (Å²) in [5, 5.41) is 3.06. The van der Waals surface area contributed by atoms with Gasteiger partial charge in [-0.1, -0.05) is 33.8 Å². The molecule has 1 fully saturated rings. The minimum absolute atomic E-state index is 0.0208. The number of piperidine rings is 1. The highest BCUT2D eigenvalue weighted by Crippen LogP contribution is 2.21. The summed E-state index contributed by atoms with van der Waals surface area (Å²) < 4.78 is 0. The first kappa shape index (κ1) is 16.7. The van der Waals surface area contributed by atoms with Crippen LogP contribution in [0.3, 0.4) is 0 Å². The van der Waals surface area contributed by atoms with Crippen molar-refractivity contribution < 1.29 is 9.59 Å². The second kappa shape index (κ2) is 6.91. The highest BCUT2D eigenvalue weighted by atomic mass is 16.2. The lowest BCUT2D eigenvalue weighted by Gasteiger charge is -2.36. The van der Waals surface area contributed by atoms with Gasteiger partial charge < -0.3 is 10.2 Å². The van der Waals surface area contributed by atoms with Crippen molar-refractivity contribution in [3.8, 4) is 0 Å². The second-order valence-electron chi connectivity index (χ2n) is 6.59. The number of hydrogen-bond donors (Lipinski definition) is 1. The van der Waals surface area contributed by atoms with Crippen LogP contribution in [0.4, 0.5) is 0 Å². The number of carbonyl (C=O) groups excluding carboxylic acids is 2. The lowest BCUT2D eigenvalue weighted by Crippen LogP contribution is -2.49. The van der Waals surface area contributed by atoms with Gasteiger partial charge in [0.2, 0.25) is 11.8 Å². The fourth-order valence-electron chi connectivity index (χ4n) is 2.40. The Kier molecular flexibility index (Phi) is 5.78. The standard InChI is InChI=1S/C16H28N2O2/c1-6-7-12(2)14(19)17-13-8-10-18(11-9-13)15(20)16(3,4)5/h7,13H,6,8-11H2,1-5H3,(H,17,19)/b12-7-. The summed E-state index contributed by atoms with van der Waals surface area (Å²) >= 11 is 0. The summed E-state index contributed by atoms with van der Waals surface area (Å²) in [6.07, 6.45) is 4.49. The zero-order valence-electron chi connectivity index (χ0n) is 13.5. The summed E-state index contributed by atoms with van der Waals surface area (Å²) in [4.78, 5) is 26.0. The van der Waals surface area contributed by atoms with Crippen molar-refractivity contribution >= 4 is 11.8 Å². The van der Waals surface area contributed by atoms with Gasteiger partial charge in [0.05, 0.1) is 0 Å². The minimum atomic E-state index is -0.323. The molecule has 0 saturated carbocycles. The maximum Gasteiger partial charge on any atom is 0.246 e. The zero-order valence-corrected chi connectivity index (χ0v) is 13.5. The van der Waals surface area contributed by atoms with E-state index in [9.17, 15) is 9.59 Å². The van der Waals surface area contributed by atoms with E-state index < -0.39 is 0 Å². The molecule has 1 rings (SSSR count). The maximum atomic E-state index is 12.2. The Morgan fingerprint density at radius 1 is 1.25 bits per heavy atom. The number of nitrogens with zero attached hydrogens (tertiary/aromatic N) is 1. The van der Waals surface area contributed by atoms with Gasteiger partial charge in [-0.25, -0.2) is 0 Å². The first-order chi connectivity index (χ1) is 9.25. The van der Waals surface area contributed by atoms with E-state index >= 15 is 0 Å². The van der Waals surface area contributed by atoms with Crippen molar-refractivity contribution in [2.24, 2.45) is 5.41 Å². The fourth-order valence-corrected chi connectivity index (χ4v) is 2.40. The number of nitrogens with one attached hydrogen (secondary N) is 1. The molecule has 0 aromatic rings. The van der Waals surface area contributed by atoms with Gasteiger partial charge >= 0.3 is 0 Å². The van der Waals surface area contributed by atoms with Gasteiger partial charge in [0.1, 0.15) is 0 Å². The molecular formula is C16H28N2O2. The molecule has 0 bridgehead atoms. The largest absolute Gasteiger partial charge is 0.349 e. The van der Waals surface area contributed by atoms with Gasteiger partial charge in [-0.3, -0.25) is 9.59 Å². The molecule has 0 aromatic heterocycles. The molecule has 20 heavy (non-hydrogen) atoms. The Morgan fingerprint density at radius 2 is 1.80 bits per heavy atom. The van der Waals surface area contributed by atoms with E-state index in [0.717, 1.165) is 37.9 Å². The number of likely N-dealkylation sites (tertiary alicyclic amines) is 1. The van der Waals surface area contributed by atoms with E-state index in [1.807, 2.05) is 45.6 Å². The number of rotatable bonds is 3. The highest BCUT2D eigenvalue weighted by Gasteiger charge is 2.30. The van der Waals surface area contributed by atoms with E-state index in [2.05, 4.69) is 5.32 Å². The molecule has 0 atom stereocenters. The highest BCUT2D eigenvalue weighted by molar-refractivity contribution is 5.92. The van der Waals surface area contributed by atoms with E-state index in [-0.39, 0.29) is 23.3 Å². The average Bonchev–Trinajstić information content (AvgIpc) is 2.38. The maximum absolute atomic E-state index is 12.2. The smallest absolute Gasteiger partial charge is 0.246 e. The molecule has 4 heteroatoms. The Labute approximate surface area is 122 Å². The van der Waals surface area contributed by atoms with Crippen LogP contribution in [-0.2, 0) is 9.59 Å². The second-order valence-corrected chi connectivity index (χ2v) is 6.59. The van der Waals surface area contributed by atoms with Crippen LogP contribution < -0.4 is 5.32 Å². The Hall–Kier alpha value is -1.32. The van der Waals surface area contributed by atoms with Crippen LogP contribution in [0.5, 0.6) is 0 Å². The van der Waals surface area contributed by atoms with Crippen molar-refractivity contribution in [2.45, 2.75) is 59.9 Å². The predicted molar refractivity (Wildman–Crippen MR) is 81.2 cm³/mol. The van der Waals surface area contributed by atoms with E-state index in [1.54, 1.807) is 0 Å². The van der Waals surface area contributed by atoms with E-state index in [4.69, 9.17) is 0 Å². The van der Waals surface area contributed by atoms with Gasteiger partial charge in [0.15, 0.2) is 0 Å². The Morgan fingerprint density at radius 3 is 2.25 bits per heavy atom. The van der Waals surface area contributed by atoms with Crippen molar-refractivity contribution in [2.75, 3.05) is 13.1 Å². The molecule has 0 aliphatic carbocycles. The summed E-state index contributed by atoms with van der Waals surface area (Å²) in [6, 6.07) is 0.187. The molecular weight excluding hydrogens is 252 g/mol. The summed E-state index contributed by atoms with van der Waals surface area (Å²) in [6.45, 7) is 11.2. The Balaban J connectivity index is 2.45. The summed E-state index contributed by atoms with van der Waals surface area (Å²) in [7, 11) is 0. The molecule has 2 amide bonds. The monoisotopic (exact) mass is 280 g/mol. The number of hydrogen-bond acceptors (Lipinski definition) is 2. The van der Waals surface area contributed by atoms with Crippen LogP contribution in [0.25, 0.3) is 0 Å². The van der Waals surface area contributed by atoms with Crippen molar-refractivity contribution in [3.63, 3.8) is 0 Å². The normalized spacial score (nSPS) is 18.1. The van der Waals surface area contributed by atoms with Crippen LogP contribution in [0.15, 0.2) is 11.6 Å². The SMILES string of the molecule is CC/C=C(/C)C(=O)NC1CCN(C(=O)C(C)(C)C)CC1. The van der Waals surface area contributed by atoms with Gasteiger partial charge in [0, 0.05) is 30.1 Å². The van der Waals surface area contributed by atoms with E-state index in [1.165, 1.54) is 0 Å². The van der Waals surface area contributed by atoms with Gasteiger partial charge in [0.25, 0.3) is 0 Å². The van der Waals surface area contributed by atoms with Crippen LogP contribution in [0.1, 0.15) is 53.9 Å². The van der Waals surface area contributed by atoms with Gasteiger partial charge in [-0.15, -0.1) is 0 Å². The number of amides is 2. The topological polar surface area (TPSA) is 49.4 Å². The zero-order chi connectivity index (χ0) is 15.3. The molecule has 0 aromatic carbocycles. The molecule has 1 saturated heterocycles. The molecule has 4 nitrogen and oxygen atoms in total.